The van der Waals surface area contributed by atoms with E-state index in [0.29, 0.717) is 6.61 Å². The van der Waals surface area contributed by atoms with Gasteiger partial charge >= 0.3 is 0 Å². The number of fused-ring (bicyclic) bond motifs is 1. The molecule has 3 nitrogen and oxygen atoms in total. The van der Waals surface area contributed by atoms with E-state index in [1.165, 1.54) is 0 Å². The zero-order valence-corrected chi connectivity index (χ0v) is 10.5. The molecule has 1 heterocycles. The predicted molar refractivity (Wildman–Crippen MR) is 69.0 cm³/mol. The Morgan fingerprint density at radius 2 is 2.06 bits per heavy atom. The first-order valence-electron chi connectivity index (χ1n) is 5.94. The van der Waals surface area contributed by atoms with Gasteiger partial charge in [-0.2, -0.15) is 0 Å². The number of rotatable bonds is 4. The predicted octanol–water partition coefficient (Wildman–Crippen LogP) is 3.02. The topological polar surface area (TPSA) is 45.2 Å². The van der Waals surface area contributed by atoms with Crippen molar-refractivity contribution < 1.29 is 9.84 Å². The van der Waals surface area contributed by atoms with Gasteiger partial charge in [-0.25, -0.2) is 0 Å². The van der Waals surface area contributed by atoms with Crippen molar-refractivity contribution in [1.82, 2.24) is 4.98 Å². The molecule has 1 aromatic heterocycles. The van der Waals surface area contributed by atoms with Gasteiger partial charge in [-0.15, -0.1) is 0 Å². The normalized spacial score (nSPS) is 14.1. The molecule has 0 saturated carbocycles. The van der Waals surface area contributed by atoms with Crippen LogP contribution in [0.3, 0.4) is 0 Å². The van der Waals surface area contributed by atoms with Crippen LogP contribution in [-0.2, 0) is 4.74 Å². The van der Waals surface area contributed by atoms with E-state index in [2.05, 4.69) is 4.98 Å². The number of aromatic amines is 1. The van der Waals surface area contributed by atoms with Crippen molar-refractivity contribution in [3.8, 4) is 0 Å². The molecule has 0 bridgehead atoms. The lowest BCUT2D eigenvalue weighted by Gasteiger charge is -2.30. The summed E-state index contributed by atoms with van der Waals surface area (Å²) in [5.41, 5.74) is 1.34. The van der Waals surface area contributed by atoms with Gasteiger partial charge in [0.1, 0.15) is 6.10 Å². The molecular formula is C14H19NO2. The average Bonchev–Trinajstić information content (AvgIpc) is 2.71. The van der Waals surface area contributed by atoms with E-state index in [0.717, 1.165) is 16.5 Å². The average molecular weight is 233 g/mol. The minimum Gasteiger partial charge on any atom is -0.385 e. The molecule has 1 aromatic carbocycles. The first kappa shape index (κ1) is 12.1. The van der Waals surface area contributed by atoms with Gasteiger partial charge < -0.3 is 14.8 Å². The van der Waals surface area contributed by atoms with Gasteiger partial charge in [0, 0.05) is 29.3 Å². The molecular weight excluding hydrogens is 214 g/mol. The van der Waals surface area contributed by atoms with Crippen LogP contribution in [0.25, 0.3) is 10.9 Å². The molecule has 0 saturated heterocycles. The quantitative estimate of drug-likeness (QED) is 0.852. The van der Waals surface area contributed by atoms with Crippen molar-refractivity contribution in [3.63, 3.8) is 0 Å². The van der Waals surface area contributed by atoms with Crippen molar-refractivity contribution in [1.29, 1.82) is 0 Å². The summed E-state index contributed by atoms with van der Waals surface area (Å²) in [5.74, 6) is 0. The summed E-state index contributed by atoms with van der Waals surface area (Å²) >= 11 is 0. The molecule has 2 aromatic rings. The van der Waals surface area contributed by atoms with Gasteiger partial charge in [-0.05, 0) is 26.8 Å². The molecule has 0 radical (unpaired) electrons. The number of para-hydroxylation sites is 1. The Morgan fingerprint density at radius 3 is 2.76 bits per heavy atom. The number of aliphatic hydroxyl groups is 1. The lowest BCUT2D eigenvalue weighted by Crippen LogP contribution is -2.32. The van der Waals surface area contributed by atoms with Crippen molar-refractivity contribution in [3.05, 3.63) is 36.0 Å². The van der Waals surface area contributed by atoms with Gasteiger partial charge in [0.2, 0.25) is 0 Å². The molecule has 0 fully saturated rings. The fraction of sp³-hybridized carbons (Fsp3) is 0.429. The summed E-state index contributed by atoms with van der Waals surface area (Å²) < 4.78 is 5.60. The smallest absolute Gasteiger partial charge is 0.109 e. The van der Waals surface area contributed by atoms with Crippen LogP contribution in [0.2, 0.25) is 0 Å². The zero-order valence-electron chi connectivity index (χ0n) is 10.5. The number of hydrogen-bond acceptors (Lipinski definition) is 2. The van der Waals surface area contributed by atoms with Crippen LogP contribution in [0.4, 0.5) is 0 Å². The van der Waals surface area contributed by atoms with E-state index in [1.807, 2.05) is 51.2 Å². The van der Waals surface area contributed by atoms with Crippen LogP contribution < -0.4 is 0 Å². The van der Waals surface area contributed by atoms with Crippen LogP contribution >= 0.6 is 0 Å². The van der Waals surface area contributed by atoms with Crippen molar-refractivity contribution in [2.45, 2.75) is 32.5 Å². The summed E-state index contributed by atoms with van der Waals surface area (Å²) in [6.45, 7) is 6.34. The maximum Gasteiger partial charge on any atom is 0.109 e. The zero-order chi connectivity index (χ0) is 12.5. The fourth-order valence-electron chi connectivity index (χ4n) is 2.15. The highest BCUT2D eigenvalue weighted by atomic mass is 16.5. The van der Waals surface area contributed by atoms with Crippen LogP contribution in [0.15, 0.2) is 30.5 Å². The van der Waals surface area contributed by atoms with Gasteiger partial charge in [-0.1, -0.05) is 18.2 Å². The number of nitrogens with one attached hydrogen (secondary N) is 1. The number of ether oxygens (including phenoxy) is 1. The molecule has 0 aliphatic heterocycles. The third-order valence-corrected chi connectivity index (χ3v) is 3.09. The molecule has 1 unspecified atom stereocenters. The van der Waals surface area contributed by atoms with Gasteiger partial charge in [0.15, 0.2) is 0 Å². The summed E-state index contributed by atoms with van der Waals surface area (Å²) in [6.07, 6.45) is 1.22. The Morgan fingerprint density at radius 1 is 1.35 bits per heavy atom. The van der Waals surface area contributed by atoms with Crippen LogP contribution in [0.5, 0.6) is 0 Å². The van der Waals surface area contributed by atoms with E-state index in [1.54, 1.807) is 0 Å². The second-order valence-electron chi connectivity index (χ2n) is 4.73. The maximum absolute atomic E-state index is 10.4. The third kappa shape index (κ3) is 2.21. The molecule has 0 amide bonds. The van der Waals surface area contributed by atoms with Crippen LogP contribution in [-0.4, -0.2) is 22.3 Å². The minimum atomic E-state index is -0.640. The van der Waals surface area contributed by atoms with Crippen molar-refractivity contribution in [2.24, 2.45) is 0 Å². The molecule has 3 heteroatoms. The van der Waals surface area contributed by atoms with Crippen molar-refractivity contribution >= 4 is 10.9 Å². The monoisotopic (exact) mass is 233 g/mol. The summed E-state index contributed by atoms with van der Waals surface area (Å²) in [5, 5.41) is 11.5. The molecule has 1 atom stereocenters. The van der Waals surface area contributed by atoms with Gasteiger partial charge in [-0.3, -0.25) is 0 Å². The molecule has 2 N–H and O–H groups in total. The molecule has 17 heavy (non-hydrogen) atoms. The lowest BCUT2D eigenvalue weighted by atomic mass is 9.94. The first-order valence-corrected chi connectivity index (χ1v) is 5.94. The molecule has 0 spiro atoms. The minimum absolute atomic E-state index is 0.584. The largest absolute Gasteiger partial charge is 0.385 e. The molecule has 0 aliphatic carbocycles. The second kappa shape index (κ2) is 4.51. The lowest BCUT2D eigenvalue weighted by molar-refractivity contribution is -0.0978. The number of hydrogen-bond donors (Lipinski definition) is 2. The summed E-state index contributed by atoms with van der Waals surface area (Å²) in [6, 6.07) is 7.95. The number of benzene rings is 1. The third-order valence-electron chi connectivity index (χ3n) is 3.09. The summed E-state index contributed by atoms with van der Waals surface area (Å²) in [7, 11) is 0. The second-order valence-corrected chi connectivity index (χ2v) is 4.73. The Kier molecular flexibility index (Phi) is 3.22. The highest BCUT2D eigenvalue weighted by Crippen LogP contribution is 2.33. The van der Waals surface area contributed by atoms with Gasteiger partial charge in [0.25, 0.3) is 0 Å². The Bertz CT molecular complexity index is 502. The SMILES string of the molecule is CCOC(C)(C)C(O)c1c[nH]c2ccccc12. The van der Waals surface area contributed by atoms with Crippen LogP contribution in [0, 0.1) is 0 Å². The van der Waals surface area contributed by atoms with E-state index < -0.39 is 11.7 Å². The van der Waals surface area contributed by atoms with E-state index in [-0.39, 0.29) is 0 Å². The highest BCUT2D eigenvalue weighted by Gasteiger charge is 2.31. The first-order chi connectivity index (χ1) is 8.06. The van der Waals surface area contributed by atoms with E-state index in [9.17, 15) is 5.11 Å². The van der Waals surface area contributed by atoms with Crippen LogP contribution in [0.1, 0.15) is 32.4 Å². The van der Waals surface area contributed by atoms with E-state index >= 15 is 0 Å². The summed E-state index contributed by atoms with van der Waals surface area (Å²) in [4.78, 5) is 3.17. The highest BCUT2D eigenvalue weighted by molar-refractivity contribution is 5.83. The van der Waals surface area contributed by atoms with Gasteiger partial charge in [0.05, 0.1) is 5.60 Å². The van der Waals surface area contributed by atoms with E-state index in [4.69, 9.17) is 4.74 Å². The standard InChI is InChI=1S/C14H19NO2/c1-4-17-14(2,3)13(16)11-9-15-12-8-6-5-7-10(11)12/h5-9,13,15-16H,4H2,1-3H3. The fourth-order valence-corrected chi connectivity index (χ4v) is 2.15. The molecule has 92 valence electrons. The van der Waals surface area contributed by atoms with Crippen molar-refractivity contribution in [2.75, 3.05) is 6.61 Å². The Balaban J connectivity index is 2.40. The maximum atomic E-state index is 10.4. The Hall–Kier alpha value is -1.32. The number of H-pyrrole nitrogens is 1. The Labute approximate surface area is 101 Å². The number of aromatic nitrogens is 1. The molecule has 0 aliphatic rings. The number of aliphatic hydroxyl groups excluding tert-OH is 1. The molecule has 2 rings (SSSR count).